The number of aryl methyl sites for hydroxylation is 1. The van der Waals surface area contributed by atoms with Crippen molar-refractivity contribution in [1.82, 2.24) is 9.80 Å². The molecule has 0 bridgehead atoms. The third-order valence-electron chi connectivity index (χ3n) is 9.42. The maximum atomic E-state index is 14.4. The van der Waals surface area contributed by atoms with E-state index in [2.05, 4.69) is 23.6 Å². The maximum Gasteiger partial charge on any atom is 0.261 e. The second-order valence-electron chi connectivity index (χ2n) is 13.7. The topological polar surface area (TPSA) is 108 Å². The normalized spacial score (nSPS) is 23.3. The molecule has 2 aliphatic rings. The molecule has 2 aromatic rings. The fraction of sp³-hybridized carbons (Fsp3) is 0.639. The number of carbonyl (C=O) groups excluding carboxylic acids is 1. The van der Waals surface area contributed by atoms with Crippen LogP contribution in [-0.2, 0) is 14.8 Å². The minimum absolute atomic E-state index is 0.0128. The molecule has 46 heavy (non-hydrogen) atoms. The highest BCUT2D eigenvalue weighted by atomic mass is 32.2. The van der Waals surface area contributed by atoms with Crippen LogP contribution in [-0.4, -0.2) is 87.4 Å². The first-order valence-electron chi connectivity index (χ1n) is 17.1. The number of rotatable bonds is 9. The smallest absolute Gasteiger partial charge is 0.261 e. The van der Waals surface area contributed by atoms with Gasteiger partial charge in [0.25, 0.3) is 15.9 Å². The number of likely N-dealkylation sites (N-methyl/N-ethyl adjacent to an activating group) is 1. The van der Waals surface area contributed by atoms with Gasteiger partial charge in [-0.25, -0.2) is 8.42 Å². The van der Waals surface area contributed by atoms with Crippen LogP contribution in [0.1, 0.15) is 88.1 Å². The van der Waals surface area contributed by atoms with E-state index in [1.807, 2.05) is 20.8 Å². The number of aliphatic hydroxyl groups excluding tert-OH is 1. The third-order valence-corrected chi connectivity index (χ3v) is 10.8. The zero-order valence-corrected chi connectivity index (χ0v) is 29.2. The van der Waals surface area contributed by atoms with Crippen molar-refractivity contribution in [2.75, 3.05) is 44.6 Å². The Morgan fingerprint density at radius 1 is 1.00 bits per heavy atom. The average Bonchev–Trinajstić information content (AvgIpc) is 3.03. The minimum atomic E-state index is -3.88. The van der Waals surface area contributed by atoms with Crippen molar-refractivity contribution in [2.45, 2.75) is 102 Å². The predicted octanol–water partition coefficient (Wildman–Crippen LogP) is 6.10. The molecule has 10 heteroatoms. The van der Waals surface area contributed by atoms with Crippen molar-refractivity contribution in [3.05, 3.63) is 53.6 Å². The first kappa shape index (κ1) is 36.2. The van der Waals surface area contributed by atoms with Crippen LogP contribution in [0.4, 0.5) is 5.69 Å². The van der Waals surface area contributed by atoms with Gasteiger partial charge in [0, 0.05) is 37.8 Å². The van der Waals surface area contributed by atoms with E-state index in [0.29, 0.717) is 18.9 Å². The Hall–Kier alpha value is -2.66. The SMILES string of the molecule is Cc1ccc(S(=O)(=O)Nc2ccc3c(c2)C(=O)N([C@H](C)CO)C[C@H](C)[C@@H](CN(C)CC2CCCCC2)OCCCC[C@H](C)O3)cc1. The van der Waals surface area contributed by atoms with Crippen molar-refractivity contribution in [2.24, 2.45) is 11.8 Å². The van der Waals surface area contributed by atoms with Gasteiger partial charge in [0.05, 0.1) is 35.3 Å². The van der Waals surface area contributed by atoms with Gasteiger partial charge in [-0.05, 0) is 96.2 Å². The summed E-state index contributed by atoms with van der Waals surface area (Å²) in [4.78, 5) is 18.6. The summed E-state index contributed by atoms with van der Waals surface area (Å²) in [5.41, 5.74) is 1.48. The number of nitrogens with zero attached hydrogens (tertiary/aromatic N) is 2. The van der Waals surface area contributed by atoms with Gasteiger partial charge in [-0.3, -0.25) is 9.52 Å². The van der Waals surface area contributed by atoms with Gasteiger partial charge in [-0.2, -0.15) is 0 Å². The molecule has 0 spiro atoms. The standard InChI is InChI=1S/C36H55N3O6S/c1-26-14-17-32(18-15-26)46(42,43)37-31-16-19-34-33(21-31)36(41)39(28(3)25-40)22-27(2)35(44-20-10-9-11-29(4)45-34)24-38(5)23-30-12-7-6-8-13-30/h14-19,21,27-30,35,37,40H,6-13,20,22-25H2,1-5H3/t27-,28+,29-,35+/m0/s1. The summed E-state index contributed by atoms with van der Waals surface area (Å²) in [6, 6.07) is 11.0. The van der Waals surface area contributed by atoms with Gasteiger partial charge in [0.1, 0.15) is 5.75 Å². The number of hydrogen-bond donors (Lipinski definition) is 2. The summed E-state index contributed by atoms with van der Waals surface area (Å²) in [5.74, 6) is 0.783. The number of hydrogen-bond acceptors (Lipinski definition) is 7. The molecule has 0 unspecified atom stereocenters. The lowest BCUT2D eigenvalue weighted by Crippen LogP contribution is -2.47. The Morgan fingerprint density at radius 3 is 2.39 bits per heavy atom. The number of anilines is 1. The number of fused-ring (bicyclic) bond motifs is 1. The number of benzene rings is 2. The highest BCUT2D eigenvalue weighted by Gasteiger charge is 2.31. The molecule has 1 saturated carbocycles. The number of carbonyl (C=O) groups is 1. The molecule has 1 amide bonds. The lowest BCUT2D eigenvalue weighted by atomic mass is 9.89. The summed E-state index contributed by atoms with van der Waals surface area (Å²) in [5, 5.41) is 10.2. The van der Waals surface area contributed by atoms with Crippen molar-refractivity contribution in [1.29, 1.82) is 0 Å². The second kappa shape index (κ2) is 16.9. The van der Waals surface area contributed by atoms with Crippen molar-refractivity contribution in [3.8, 4) is 5.75 Å². The lowest BCUT2D eigenvalue weighted by Gasteiger charge is -2.36. The number of nitrogens with one attached hydrogen (secondary N) is 1. The molecule has 0 radical (unpaired) electrons. The van der Waals surface area contributed by atoms with Gasteiger partial charge in [-0.15, -0.1) is 0 Å². The van der Waals surface area contributed by atoms with Crippen LogP contribution in [0, 0.1) is 18.8 Å². The number of ether oxygens (including phenoxy) is 2. The Balaban J connectivity index is 1.62. The molecule has 1 aliphatic heterocycles. The van der Waals surface area contributed by atoms with E-state index in [4.69, 9.17) is 9.47 Å². The monoisotopic (exact) mass is 657 g/mol. The second-order valence-corrected chi connectivity index (χ2v) is 15.3. The fourth-order valence-corrected chi connectivity index (χ4v) is 7.62. The number of aliphatic hydroxyl groups is 1. The highest BCUT2D eigenvalue weighted by molar-refractivity contribution is 7.92. The molecule has 0 saturated heterocycles. The van der Waals surface area contributed by atoms with Crippen LogP contribution < -0.4 is 9.46 Å². The van der Waals surface area contributed by atoms with E-state index in [1.165, 1.54) is 32.1 Å². The third kappa shape index (κ3) is 10.2. The molecular weight excluding hydrogens is 602 g/mol. The van der Waals surface area contributed by atoms with Gasteiger partial charge in [0.2, 0.25) is 0 Å². The minimum Gasteiger partial charge on any atom is -0.490 e. The molecule has 4 atom stereocenters. The Bertz CT molecular complexity index is 1360. The summed E-state index contributed by atoms with van der Waals surface area (Å²) in [6.45, 7) is 10.4. The molecule has 2 N–H and O–H groups in total. The summed E-state index contributed by atoms with van der Waals surface area (Å²) in [7, 11) is -1.71. The van der Waals surface area contributed by atoms with E-state index in [0.717, 1.165) is 43.8 Å². The van der Waals surface area contributed by atoms with Crippen molar-refractivity contribution < 1.29 is 27.8 Å². The van der Waals surface area contributed by atoms with Crippen LogP contribution in [0.15, 0.2) is 47.4 Å². The first-order valence-corrected chi connectivity index (χ1v) is 18.6. The quantitative estimate of drug-likeness (QED) is 0.335. The molecule has 2 aromatic carbocycles. The molecule has 1 fully saturated rings. The van der Waals surface area contributed by atoms with E-state index in [9.17, 15) is 18.3 Å². The summed E-state index contributed by atoms with van der Waals surface area (Å²) in [6.07, 6.45) is 8.89. The molecule has 4 rings (SSSR count). The molecule has 256 valence electrons. The van der Waals surface area contributed by atoms with Crippen LogP contribution in [0.5, 0.6) is 5.75 Å². The molecule has 0 aromatic heterocycles. The Morgan fingerprint density at radius 2 is 1.70 bits per heavy atom. The van der Waals surface area contributed by atoms with Crippen LogP contribution >= 0.6 is 0 Å². The van der Waals surface area contributed by atoms with E-state index >= 15 is 0 Å². The largest absolute Gasteiger partial charge is 0.490 e. The zero-order valence-electron chi connectivity index (χ0n) is 28.4. The van der Waals surface area contributed by atoms with Crippen LogP contribution in [0.25, 0.3) is 0 Å². The summed E-state index contributed by atoms with van der Waals surface area (Å²) < 4.78 is 41.9. The molecule has 1 heterocycles. The Kier molecular flexibility index (Phi) is 13.3. The first-order chi connectivity index (χ1) is 22.0. The summed E-state index contributed by atoms with van der Waals surface area (Å²) >= 11 is 0. The van der Waals surface area contributed by atoms with Gasteiger partial charge in [0.15, 0.2) is 0 Å². The number of amides is 1. The zero-order chi connectivity index (χ0) is 33.3. The molecule has 9 nitrogen and oxygen atoms in total. The van der Waals surface area contributed by atoms with Gasteiger partial charge in [-0.1, -0.05) is 43.9 Å². The van der Waals surface area contributed by atoms with Crippen molar-refractivity contribution >= 4 is 21.6 Å². The predicted molar refractivity (Wildman–Crippen MR) is 183 cm³/mol. The van der Waals surface area contributed by atoms with Crippen LogP contribution in [0.3, 0.4) is 0 Å². The fourth-order valence-electron chi connectivity index (χ4n) is 6.57. The van der Waals surface area contributed by atoms with Gasteiger partial charge >= 0.3 is 0 Å². The molecular formula is C36H55N3O6S. The number of sulfonamides is 1. The highest BCUT2D eigenvalue weighted by Crippen LogP contribution is 2.30. The van der Waals surface area contributed by atoms with Crippen LogP contribution in [0.2, 0.25) is 0 Å². The maximum absolute atomic E-state index is 14.4. The Labute approximate surface area is 276 Å². The van der Waals surface area contributed by atoms with E-state index < -0.39 is 16.1 Å². The van der Waals surface area contributed by atoms with Gasteiger partial charge < -0.3 is 24.4 Å². The van der Waals surface area contributed by atoms with Crippen molar-refractivity contribution in [3.63, 3.8) is 0 Å². The van der Waals surface area contributed by atoms with E-state index in [-0.39, 0.29) is 46.8 Å². The van der Waals surface area contributed by atoms with E-state index in [1.54, 1.807) is 47.4 Å². The molecule has 1 aliphatic carbocycles. The lowest BCUT2D eigenvalue weighted by molar-refractivity contribution is -0.0190. The average molecular weight is 658 g/mol.